The highest BCUT2D eigenvalue weighted by atomic mass is 19.1. The molecule has 1 amide bonds. The average Bonchev–Trinajstić information content (AvgIpc) is 3.21. The van der Waals surface area contributed by atoms with Crippen molar-refractivity contribution in [2.24, 2.45) is 0 Å². The number of aromatic nitrogens is 3. The zero-order chi connectivity index (χ0) is 21.1. The number of halogens is 1. The Bertz CT molecular complexity index is 1150. The molecular formula is C24H21FN4O. The fourth-order valence-electron chi connectivity index (χ4n) is 3.17. The summed E-state index contributed by atoms with van der Waals surface area (Å²) in [6.45, 7) is 3.83. The summed E-state index contributed by atoms with van der Waals surface area (Å²) in [6.07, 6.45) is 2.87. The zero-order valence-electron chi connectivity index (χ0n) is 16.7. The van der Waals surface area contributed by atoms with E-state index in [9.17, 15) is 9.18 Å². The summed E-state index contributed by atoms with van der Waals surface area (Å²) < 4.78 is 14.9. The molecule has 0 bridgehead atoms. The molecule has 1 N–H and O–H groups in total. The Labute approximate surface area is 174 Å². The van der Waals surface area contributed by atoms with Crippen molar-refractivity contribution in [1.82, 2.24) is 20.1 Å². The molecule has 0 saturated heterocycles. The molecule has 0 aliphatic heterocycles. The number of hydrogen-bond acceptors (Lipinski definition) is 3. The minimum atomic E-state index is -0.414. The Morgan fingerprint density at radius 3 is 2.43 bits per heavy atom. The van der Waals surface area contributed by atoms with Crippen molar-refractivity contribution in [3.8, 4) is 16.9 Å². The van der Waals surface area contributed by atoms with Gasteiger partial charge in [-0.25, -0.2) is 9.07 Å². The van der Waals surface area contributed by atoms with Gasteiger partial charge in [0.2, 0.25) is 0 Å². The molecule has 5 nitrogen and oxygen atoms in total. The number of nitrogens with zero attached hydrogens (tertiary/aromatic N) is 3. The van der Waals surface area contributed by atoms with Crippen LogP contribution in [-0.2, 0) is 0 Å². The highest BCUT2D eigenvalue weighted by Gasteiger charge is 2.21. The molecule has 0 saturated carbocycles. The van der Waals surface area contributed by atoms with Crippen LogP contribution < -0.4 is 5.32 Å². The highest BCUT2D eigenvalue weighted by molar-refractivity contribution is 6.00. The van der Waals surface area contributed by atoms with Gasteiger partial charge in [-0.2, -0.15) is 5.10 Å². The summed E-state index contributed by atoms with van der Waals surface area (Å²) in [7, 11) is 0. The number of amides is 1. The minimum absolute atomic E-state index is 0.272. The molecule has 30 heavy (non-hydrogen) atoms. The van der Waals surface area contributed by atoms with Crippen molar-refractivity contribution in [2.75, 3.05) is 0 Å². The van der Waals surface area contributed by atoms with Crippen LogP contribution in [0.25, 0.3) is 16.9 Å². The molecule has 0 aliphatic rings. The van der Waals surface area contributed by atoms with E-state index in [-0.39, 0.29) is 11.9 Å². The molecule has 150 valence electrons. The van der Waals surface area contributed by atoms with Crippen molar-refractivity contribution in [2.45, 2.75) is 19.9 Å². The number of benzene rings is 2. The van der Waals surface area contributed by atoms with Crippen molar-refractivity contribution in [3.05, 3.63) is 102 Å². The van der Waals surface area contributed by atoms with Gasteiger partial charge in [-0.3, -0.25) is 9.78 Å². The van der Waals surface area contributed by atoms with Crippen molar-refractivity contribution >= 4 is 5.91 Å². The molecule has 2 aromatic heterocycles. The smallest absolute Gasteiger partial charge is 0.255 e. The van der Waals surface area contributed by atoms with Gasteiger partial charge in [-0.1, -0.05) is 48.0 Å². The summed E-state index contributed by atoms with van der Waals surface area (Å²) >= 11 is 0. The van der Waals surface area contributed by atoms with Crippen LogP contribution >= 0.6 is 0 Å². The van der Waals surface area contributed by atoms with Crippen molar-refractivity contribution in [1.29, 1.82) is 0 Å². The zero-order valence-corrected chi connectivity index (χ0v) is 16.7. The second-order valence-corrected chi connectivity index (χ2v) is 7.13. The predicted molar refractivity (Wildman–Crippen MR) is 114 cm³/mol. The van der Waals surface area contributed by atoms with Gasteiger partial charge in [0, 0.05) is 11.8 Å². The number of carbonyl (C=O) groups is 1. The van der Waals surface area contributed by atoms with Crippen LogP contribution in [0.5, 0.6) is 0 Å². The SMILES string of the molecule is Cc1ccc(-n2cc(C(=O)N[C@H](C)c3ccc(F)cn3)c(-c3ccccc3)n2)cc1. The van der Waals surface area contributed by atoms with E-state index in [0.29, 0.717) is 17.0 Å². The molecule has 4 aromatic rings. The Morgan fingerprint density at radius 2 is 1.77 bits per heavy atom. The van der Waals surface area contributed by atoms with Crippen LogP contribution in [0.4, 0.5) is 4.39 Å². The summed E-state index contributed by atoms with van der Waals surface area (Å²) in [4.78, 5) is 17.2. The van der Waals surface area contributed by atoms with Crippen molar-refractivity contribution < 1.29 is 9.18 Å². The van der Waals surface area contributed by atoms with Gasteiger partial charge in [-0.15, -0.1) is 0 Å². The molecule has 0 radical (unpaired) electrons. The lowest BCUT2D eigenvalue weighted by molar-refractivity contribution is 0.0939. The number of pyridine rings is 1. The molecule has 1 atom stereocenters. The third-order valence-electron chi connectivity index (χ3n) is 4.85. The number of rotatable bonds is 5. The number of carbonyl (C=O) groups excluding carboxylic acids is 1. The third-order valence-corrected chi connectivity index (χ3v) is 4.85. The highest BCUT2D eigenvalue weighted by Crippen LogP contribution is 2.24. The minimum Gasteiger partial charge on any atom is -0.344 e. The number of aryl methyl sites for hydroxylation is 1. The second kappa shape index (κ2) is 8.29. The van der Waals surface area contributed by atoms with E-state index in [1.165, 1.54) is 6.07 Å². The summed E-state index contributed by atoms with van der Waals surface area (Å²) in [6, 6.07) is 20.0. The van der Waals surface area contributed by atoms with Gasteiger partial charge in [-0.05, 0) is 38.1 Å². The molecule has 6 heteroatoms. The summed E-state index contributed by atoms with van der Waals surface area (Å²) in [5, 5.41) is 7.62. The normalized spacial score (nSPS) is 11.8. The summed E-state index contributed by atoms with van der Waals surface area (Å²) in [5.74, 6) is -0.686. The molecule has 0 unspecified atom stereocenters. The fraction of sp³-hybridized carbons (Fsp3) is 0.125. The largest absolute Gasteiger partial charge is 0.344 e. The quantitative estimate of drug-likeness (QED) is 0.520. The first-order valence-electron chi connectivity index (χ1n) is 9.66. The van der Waals surface area contributed by atoms with Crippen LogP contribution in [0.1, 0.15) is 34.6 Å². The van der Waals surface area contributed by atoms with Gasteiger partial charge in [0.25, 0.3) is 5.91 Å². The molecule has 0 aliphatic carbocycles. The van der Waals surface area contributed by atoms with E-state index in [0.717, 1.165) is 23.0 Å². The standard InChI is InChI=1S/C24H21FN4O/c1-16-8-11-20(12-9-16)29-15-21(23(28-29)18-6-4-3-5-7-18)24(30)27-17(2)22-13-10-19(25)14-26-22/h3-15,17H,1-2H3,(H,27,30)/t17-/m1/s1. The second-order valence-electron chi connectivity index (χ2n) is 7.13. The first-order chi connectivity index (χ1) is 14.5. The average molecular weight is 400 g/mol. The van der Waals surface area contributed by atoms with E-state index in [2.05, 4.69) is 15.4 Å². The van der Waals surface area contributed by atoms with E-state index < -0.39 is 5.82 Å². The van der Waals surface area contributed by atoms with Gasteiger partial charge in [0.05, 0.1) is 29.2 Å². The Morgan fingerprint density at radius 1 is 1.03 bits per heavy atom. The van der Waals surface area contributed by atoms with Gasteiger partial charge >= 0.3 is 0 Å². The molecular weight excluding hydrogens is 379 g/mol. The molecule has 0 fully saturated rings. The number of hydrogen-bond donors (Lipinski definition) is 1. The lowest BCUT2D eigenvalue weighted by atomic mass is 10.1. The van der Waals surface area contributed by atoms with Crippen LogP contribution in [0.2, 0.25) is 0 Å². The van der Waals surface area contributed by atoms with E-state index in [4.69, 9.17) is 0 Å². The maximum atomic E-state index is 13.1. The molecule has 2 aromatic carbocycles. The van der Waals surface area contributed by atoms with Gasteiger partial charge in [0.15, 0.2) is 0 Å². The topological polar surface area (TPSA) is 59.8 Å². The summed E-state index contributed by atoms with van der Waals surface area (Å²) in [5.41, 5.74) is 4.49. The first kappa shape index (κ1) is 19.5. The van der Waals surface area contributed by atoms with Crippen LogP contribution in [-0.4, -0.2) is 20.7 Å². The molecule has 0 spiro atoms. The lowest BCUT2D eigenvalue weighted by Gasteiger charge is -2.13. The third kappa shape index (κ3) is 4.12. The van der Waals surface area contributed by atoms with E-state index >= 15 is 0 Å². The molecule has 2 heterocycles. The monoisotopic (exact) mass is 400 g/mol. The molecule has 4 rings (SSSR count). The Kier molecular flexibility index (Phi) is 5.39. The van der Waals surface area contributed by atoms with E-state index in [1.807, 2.05) is 68.4 Å². The van der Waals surface area contributed by atoms with Crippen LogP contribution in [0, 0.1) is 12.7 Å². The Hall–Kier alpha value is -3.80. The first-order valence-corrected chi connectivity index (χ1v) is 9.66. The van der Waals surface area contributed by atoms with Crippen LogP contribution in [0.15, 0.2) is 79.1 Å². The Balaban J connectivity index is 1.69. The van der Waals surface area contributed by atoms with E-state index in [1.54, 1.807) is 16.9 Å². The van der Waals surface area contributed by atoms with Gasteiger partial charge in [0.1, 0.15) is 11.5 Å². The van der Waals surface area contributed by atoms with Crippen molar-refractivity contribution in [3.63, 3.8) is 0 Å². The van der Waals surface area contributed by atoms with Crippen LogP contribution in [0.3, 0.4) is 0 Å². The fourth-order valence-corrected chi connectivity index (χ4v) is 3.17. The lowest BCUT2D eigenvalue weighted by Crippen LogP contribution is -2.27. The maximum Gasteiger partial charge on any atom is 0.255 e. The maximum absolute atomic E-state index is 13.1. The van der Waals surface area contributed by atoms with Gasteiger partial charge < -0.3 is 5.32 Å². The number of nitrogens with one attached hydrogen (secondary N) is 1. The predicted octanol–water partition coefficient (Wildman–Crippen LogP) is 4.87.